The van der Waals surface area contributed by atoms with Gasteiger partial charge in [-0.2, -0.15) is 0 Å². The highest BCUT2D eigenvalue weighted by atomic mass is 15.1. The van der Waals surface area contributed by atoms with Crippen LogP contribution in [-0.2, 0) is 0 Å². The van der Waals surface area contributed by atoms with Crippen LogP contribution in [0.5, 0.6) is 0 Å². The Morgan fingerprint density at radius 1 is 1.33 bits per heavy atom. The van der Waals surface area contributed by atoms with Gasteiger partial charge in [0.1, 0.15) is 0 Å². The van der Waals surface area contributed by atoms with E-state index in [2.05, 4.69) is 11.8 Å². The molecule has 0 saturated carbocycles. The molecule has 1 fully saturated rings. The monoisotopic (exact) mass is 170 g/mol. The molecule has 0 radical (unpaired) electrons. The molecule has 1 unspecified atom stereocenters. The first-order valence-corrected chi connectivity index (χ1v) is 5.25. The van der Waals surface area contributed by atoms with Gasteiger partial charge in [-0.1, -0.05) is 13.3 Å². The van der Waals surface area contributed by atoms with Gasteiger partial charge in [0.15, 0.2) is 0 Å². The Bertz CT molecular complexity index is 114. The Morgan fingerprint density at radius 2 is 2.17 bits per heavy atom. The van der Waals surface area contributed by atoms with Crippen LogP contribution >= 0.6 is 0 Å². The zero-order valence-corrected chi connectivity index (χ0v) is 8.26. The predicted octanol–water partition coefficient (Wildman–Crippen LogP) is 1.46. The standard InChI is InChI=1S/C10H22N2/c1-10-5-8-12(9-10)7-4-2-3-6-11/h10H,2-9,11H2,1H3. The normalized spacial score (nSPS) is 25.0. The van der Waals surface area contributed by atoms with Gasteiger partial charge in [0.25, 0.3) is 0 Å². The summed E-state index contributed by atoms with van der Waals surface area (Å²) >= 11 is 0. The smallest absolute Gasteiger partial charge is 0.000750 e. The van der Waals surface area contributed by atoms with Gasteiger partial charge < -0.3 is 10.6 Å². The van der Waals surface area contributed by atoms with Crippen molar-refractivity contribution in [3.8, 4) is 0 Å². The summed E-state index contributed by atoms with van der Waals surface area (Å²) in [7, 11) is 0. The quantitative estimate of drug-likeness (QED) is 0.633. The molecule has 0 aromatic heterocycles. The van der Waals surface area contributed by atoms with Crippen LogP contribution in [-0.4, -0.2) is 31.1 Å². The maximum Gasteiger partial charge on any atom is 0.000750 e. The Balaban J connectivity index is 1.93. The third-order valence-corrected chi connectivity index (χ3v) is 2.69. The van der Waals surface area contributed by atoms with E-state index in [0.717, 1.165) is 12.5 Å². The third kappa shape index (κ3) is 3.55. The Kier molecular flexibility index (Phi) is 4.62. The zero-order chi connectivity index (χ0) is 8.81. The summed E-state index contributed by atoms with van der Waals surface area (Å²) in [5.41, 5.74) is 5.43. The van der Waals surface area contributed by atoms with Crippen molar-refractivity contribution in [3.05, 3.63) is 0 Å². The van der Waals surface area contributed by atoms with Gasteiger partial charge in [0.05, 0.1) is 0 Å². The largest absolute Gasteiger partial charge is 0.330 e. The van der Waals surface area contributed by atoms with Gasteiger partial charge in [-0.3, -0.25) is 0 Å². The summed E-state index contributed by atoms with van der Waals surface area (Å²) < 4.78 is 0. The number of nitrogens with zero attached hydrogens (tertiary/aromatic N) is 1. The van der Waals surface area contributed by atoms with Crippen LogP contribution in [0.2, 0.25) is 0 Å². The van der Waals surface area contributed by atoms with E-state index >= 15 is 0 Å². The highest BCUT2D eigenvalue weighted by Crippen LogP contribution is 2.15. The van der Waals surface area contributed by atoms with Crippen LogP contribution in [0.1, 0.15) is 32.6 Å². The molecule has 1 aliphatic rings. The van der Waals surface area contributed by atoms with Crippen LogP contribution in [0.4, 0.5) is 0 Å². The number of unbranched alkanes of at least 4 members (excludes halogenated alkanes) is 2. The lowest BCUT2D eigenvalue weighted by Crippen LogP contribution is -2.21. The fourth-order valence-electron chi connectivity index (χ4n) is 1.89. The molecular weight excluding hydrogens is 148 g/mol. The van der Waals surface area contributed by atoms with Crippen molar-refractivity contribution in [2.24, 2.45) is 11.7 Å². The molecule has 1 aliphatic heterocycles. The summed E-state index contributed by atoms with van der Waals surface area (Å²) in [4.78, 5) is 2.58. The minimum Gasteiger partial charge on any atom is -0.330 e. The molecule has 0 aromatic carbocycles. The lowest BCUT2D eigenvalue weighted by Gasteiger charge is -2.14. The second kappa shape index (κ2) is 5.55. The molecule has 0 aromatic rings. The molecule has 1 rings (SSSR count). The fourth-order valence-corrected chi connectivity index (χ4v) is 1.89. The molecule has 2 heteroatoms. The average Bonchev–Trinajstić information content (AvgIpc) is 2.45. The molecule has 12 heavy (non-hydrogen) atoms. The lowest BCUT2D eigenvalue weighted by atomic mass is 10.2. The van der Waals surface area contributed by atoms with Crippen molar-refractivity contribution in [1.29, 1.82) is 0 Å². The Morgan fingerprint density at radius 3 is 2.75 bits per heavy atom. The van der Waals surface area contributed by atoms with E-state index in [1.807, 2.05) is 0 Å². The van der Waals surface area contributed by atoms with Crippen molar-refractivity contribution in [1.82, 2.24) is 4.90 Å². The predicted molar refractivity (Wildman–Crippen MR) is 53.1 cm³/mol. The van der Waals surface area contributed by atoms with Crippen LogP contribution in [0, 0.1) is 5.92 Å². The minimum atomic E-state index is 0.858. The second-order valence-corrected chi connectivity index (χ2v) is 4.04. The first-order chi connectivity index (χ1) is 5.83. The average molecular weight is 170 g/mol. The zero-order valence-electron chi connectivity index (χ0n) is 8.26. The molecule has 2 N–H and O–H groups in total. The summed E-state index contributed by atoms with van der Waals surface area (Å²) in [5.74, 6) is 0.930. The van der Waals surface area contributed by atoms with Crippen molar-refractivity contribution in [2.45, 2.75) is 32.6 Å². The summed E-state index contributed by atoms with van der Waals surface area (Å²) in [6.45, 7) is 7.15. The van der Waals surface area contributed by atoms with Crippen LogP contribution < -0.4 is 5.73 Å². The maximum absolute atomic E-state index is 5.43. The van der Waals surface area contributed by atoms with Crippen LogP contribution in [0.3, 0.4) is 0 Å². The summed E-state index contributed by atoms with van der Waals surface area (Å²) in [6.07, 6.45) is 5.24. The molecular formula is C10H22N2. The third-order valence-electron chi connectivity index (χ3n) is 2.69. The van der Waals surface area contributed by atoms with E-state index in [4.69, 9.17) is 5.73 Å². The van der Waals surface area contributed by atoms with Gasteiger partial charge in [-0.05, 0) is 44.8 Å². The number of nitrogens with two attached hydrogens (primary N) is 1. The summed E-state index contributed by atoms with van der Waals surface area (Å²) in [6, 6.07) is 0. The molecule has 2 nitrogen and oxygen atoms in total. The first kappa shape index (κ1) is 10.0. The van der Waals surface area contributed by atoms with Gasteiger partial charge in [-0.25, -0.2) is 0 Å². The fraction of sp³-hybridized carbons (Fsp3) is 1.00. The van der Waals surface area contributed by atoms with Crippen molar-refractivity contribution >= 4 is 0 Å². The Labute approximate surface area is 76.1 Å². The van der Waals surface area contributed by atoms with Gasteiger partial charge in [0, 0.05) is 6.54 Å². The second-order valence-electron chi connectivity index (χ2n) is 4.04. The first-order valence-electron chi connectivity index (χ1n) is 5.25. The topological polar surface area (TPSA) is 29.3 Å². The van der Waals surface area contributed by atoms with Crippen molar-refractivity contribution < 1.29 is 0 Å². The molecule has 1 heterocycles. The van der Waals surface area contributed by atoms with E-state index in [1.54, 1.807) is 0 Å². The lowest BCUT2D eigenvalue weighted by molar-refractivity contribution is 0.319. The SMILES string of the molecule is CC1CCN(CCCCCN)C1. The van der Waals surface area contributed by atoms with E-state index in [-0.39, 0.29) is 0 Å². The number of likely N-dealkylation sites (tertiary alicyclic amines) is 1. The molecule has 0 amide bonds. The van der Waals surface area contributed by atoms with E-state index in [9.17, 15) is 0 Å². The molecule has 0 spiro atoms. The van der Waals surface area contributed by atoms with Crippen LogP contribution in [0.25, 0.3) is 0 Å². The number of rotatable bonds is 5. The molecule has 72 valence electrons. The van der Waals surface area contributed by atoms with E-state index in [0.29, 0.717) is 0 Å². The number of hydrogen-bond donors (Lipinski definition) is 1. The molecule has 0 aliphatic carbocycles. The van der Waals surface area contributed by atoms with Crippen molar-refractivity contribution in [2.75, 3.05) is 26.2 Å². The Hall–Kier alpha value is -0.0800. The van der Waals surface area contributed by atoms with Gasteiger partial charge in [0.2, 0.25) is 0 Å². The minimum absolute atomic E-state index is 0.858. The van der Waals surface area contributed by atoms with Gasteiger partial charge in [-0.15, -0.1) is 0 Å². The molecule has 1 saturated heterocycles. The highest BCUT2D eigenvalue weighted by molar-refractivity contribution is 4.71. The molecule has 1 atom stereocenters. The number of hydrogen-bond acceptors (Lipinski definition) is 2. The highest BCUT2D eigenvalue weighted by Gasteiger charge is 2.17. The summed E-state index contributed by atoms with van der Waals surface area (Å²) in [5, 5.41) is 0. The van der Waals surface area contributed by atoms with Crippen LogP contribution in [0.15, 0.2) is 0 Å². The van der Waals surface area contributed by atoms with Gasteiger partial charge >= 0.3 is 0 Å². The maximum atomic E-state index is 5.43. The van der Waals surface area contributed by atoms with E-state index < -0.39 is 0 Å². The molecule has 0 bridgehead atoms. The van der Waals surface area contributed by atoms with E-state index in [1.165, 1.54) is 45.3 Å². The van der Waals surface area contributed by atoms with Crippen molar-refractivity contribution in [3.63, 3.8) is 0 Å².